The maximum absolute atomic E-state index is 12.2. The van der Waals surface area contributed by atoms with Crippen LogP contribution in [0, 0.1) is 0 Å². The zero-order valence-corrected chi connectivity index (χ0v) is 12.2. The Hall–Kier alpha value is -1.52. The summed E-state index contributed by atoms with van der Waals surface area (Å²) in [5.74, 6) is -0.00270. The molecule has 0 saturated carbocycles. The number of nitrogens with one attached hydrogen (secondary N) is 1. The molecule has 0 fully saturated rings. The first kappa shape index (κ1) is 12.5. The topological polar surface area (TPSA) is 32.3 Å². The highest BCUT2D eigenvalue weighted by molar-refractivity contribution is 9.10. The van der Waals surface area contributed by atoms with Gasteiger partial charge in [-0.05, 0) is 36.4 Å². The molecule has 2 aromatic rings. The molecule has 0 bridgehead atoms. The molecular weight excluding hydrogens is 328 g/mol. The molecule has 96 valence electrons. The molecule has 0 atom stereocenters. The lowest BCUT2D eigenvalue weighted by Crippen LogP contribution is -2.36. The average Bonchev–Trinajstić information content (AvgIpc) is 2.39. The second-order valence-corrected chi connectivity index (χ2v) is 5.58. The number of hydrogen-bond donors (Lipinski definition) is 1. The number of nitrogens with zero attached hydrogens (tertiary/aromatic N) is 1. The summed E-state index contributed by atoms with van der Waals surface area (Å²) in [6.45, 7) is 0.274. The van der Waals surface area contributed by atoms with E-state index in [1.54, 1.807) is 17.0 Å². The summed E-state index contributed by atoms with van der Waals surface area (Å²) in [4.78, 5) is 13.8. The van der Waals surface area contributed by atoms with Gasteiger partial charge in [0.2, 0.25) is 0 Å². The maximum Gasteiger partial charge on any atom is 0.250 e. The van der Waals surface area contributed by atoms with E-state index < -0.39 is 0 Å². The van der Waals surface area contributed by atoms with Crippen LogP contribution in [0.2, 0.25) is 5.02 Å². The summed E-state index contributed by atoms with van der Waals surface area (Å²) in [6, 6.07) is 13.1. The van der Waals surface area contributed by atoms with Crippen LogP contribution < -0.4 is 10.2 Å². The van der Waals surface area contributed by atoms with Gasteiger partial charge in [-0.2, -0.15) is 0 Å². The van der Waals surface area contributed by atoms with Crippen molar-refractivity contribution in [2.45, 2.75) is 0 Å². The number of amides is 1. The highest BCUT2D eigenvalue weighted by Crippen LogP contribution is 2.37. The van der Waals surface area contributed by atoms with Crippen molar-refractivity contribution in [2.24, 2.45) is 0 Å². The van der Waals surface area contributed by atoms with Crippen LogP contribution in [0.1, 0.15) is 0 Å². The van der Waals surface area contributed by atoms with Crippen LogP contribution in [0.3, 0.4) is 0 Å². The van der Waals surface area contributed by atoms with Crippen molar-refractivity contribution in [2.75, 3.05) is 16.8 Å². The molecule has 5 heteroatoms. The van der Waals surface area contributed by atoms with Gasteiger partial charge < -0.3 is 5.32 Å². The van der Waals surface area contributed by atoms with E-state index in [1.807, 2.05) is 30.3 Å². The van der Waals surface area contributed by atoms with Crippen LogP contribution in [0.4, 0.5) is 17.1 Å². The molecule has 0 aromatic heterocycles. The lowest BCUT2D eigenvalue weighted by Gasteiger charge is -2.30. The zero-order chi connectivity index (χ0) is 13.4. The monoisotopic (exact) mass is 336 g/mol. The van der Waals surface area contributed by atoms with E-state index in [9.17, 15) is 4.79 Å². The Kier molecular flexibility index (Phi) is 3.21. The van der Waals surface area contributed by atoms with Crippen molar-refractivity contribution in [1.82, 2.24) is 0 Å². The fourth-order valence-electron chi connectivity index (χ4n) is 2.13. The highest BCUT2D eigenvalue weighted by Gasteiger charge is 2.25. The van der Waals surface area contributed by atoms with Crippen LogP contribution in [0.5, 0.6) is 0 Å². The van der Waals surface area contributed by atoms with Gasteiger partial charge in [0.05, 0.1) is 23.6 Å². The average molecular weight is 338 g/mol. The van der Waals surface area contributed by atoms with E-state index in [4.69, 9.17) is 11.6 Å². The van der Waals surface area contributed by atoms with Gasteiger partial charge in [-0.1, -0.05) is 33.6 Å². The van der Waals surface area contributed by atoms with E-state index in [2.05, 4.69) is 21.2 Å². The summed E-state index contributed by atoms with van der Waals surface area (Å²) in [7, 11) is 0. The van der Waals surface area contributed by atoms with Crippen LogP contribution in [0.15, 0.2) is 46.9 Å². The van der Waals surface area contributed by atoms with Gasteiger partial charge in [0.1, 0.15) is 0 Å². The number of halogens is 2. The number of fused-ring (bicyclic) bond motifs is 1. The van der Waals surface area contributed by atoms with Crippen molar-refractivity contribution in [3.05, 3.63) is 52.0 Å². The minimum atomic E-state index is -0.00270. The van der Waals surface area contributed by atoms with E-state index in [-0.39, 0.29) is 12.5 Å². The third-order valence-corrected chi connectivity index (χ3v) is 3.67. The quantitative estimate of drug-likeness (QED) is 0.846. The van der Waals surface area contributed by atoms with E-state index in [1.165, 1.54) is 0 Å². The van der Waals surface area contributed by atoms with Gasteiger partial charge in [0.25, 0.3) is 5.91 Å². The largest absolute Gasteiger partial charge is 0.374 e. The molecule has 0 spiro atoms. The minimum Gasteiger partial charge on any atom is -0.374 e. The molecule has 1 aliphatic rings. The number of hydrogen-bond acceptors (Lipinski definition) is 2. The van der Waals surface area contributed by atoms with E-state index in [0.29, 0.717) is 5.02 Å². The number of anilines is 3. The van der Waals surface area contributed by atoms with Crippen molar-refractivity contribution < 1.29 is 4.79 Å². The molecule has 1 amide bonds. The van der Waals surface area contributed by atoms with Gasteiger partial charge in [0.15, 0.2) is 0 Å². The van der Waals surface area contributed by atoms with Crippen molar-refractivity contribution in [3.8, 4) is 0 Å². The van der Waals surface area contributed by atoms with E-state index >= 15 is 0 Å². The number of rotatable bonds is 1. The summed E-state index contributed by atoms with van der Waals surface area (Å²) in [6.07, 6.45) is 0. The molecule has 0 aliphatic carbocycles. The summed E-state index contributed by atoms with van der Waals surface area (Å²) in [5, 5.41) is 3.73. The van der Waals surface area contributed by atoms with Crippen molar-refractivity contribution in [3.63, 3.8) is 0 Å². The van der Waals surface area contributed by atoms with Crippen LogP contribution in [-0.4, -0.2) is 12.5 Å². The molecule has 2 aromatic carbocycles. The lowest BCUT2D eigenvalue weighted by molar-refractivity contribution is -0.116. The molecule has 3 nitrogen and oxygen atoms in total. The second kappa shape index (κ2) is 4.87. The molecule has 3 rings (SSSR count). The fraction of sp³-hybridized carbons (Fsp3) is 0.0714. The van der Waals surface area contributed by atoms with Crippen LogP contribution >= 0.6 is 27.5 Å². The van der Waals surface area contributed by atoms with Crippen molar-refractivity contribution >= 4 is 50.5 Å². The normalized spacial score (nSPS) is 14.0. The van der Waals surface area contributed by atoms with Gasteiger partial charge in [-0.15, -0.1) is 0 Å². The molecule has 19 heavy (non-hydrogen) atoms. The number of carbonyl (C=O) groups excluding carboxylic acids is 1. The SMILES string of the molecule is O=C1CNc2cc(Br)ccc2N1c1cccc(Cl)c1. The smallest absolute Gasteiger partial charge is 0.250 e. The molecule has 1 aliphatic heterocycles. The Morgan fingerprint density at radius 1 is 1.21 bits per heavy atom. The lowest BCUT2D eigenvalue weighted by atomic mass is 10.1. The Labute approximate surface area is 124 Å². The first-order valence-electron chi connectivity index (χ1n) is 5.77. The molecule has 1 N–H and O–H groups in total. The van der Waals surface area contributed by atoms with Gasteiger partial charge >= 0.3 is 0 Å². The minimum absolute atomic E-state index is 0.00270. The molecule has 1 heterocycles. The third-order valence-electron chi connectivity index (χ3n) is 2.95. The van der Waals surface area contributed by atoms with Gasteiger partial charge in [0, 0.05) is 9.50 Å². The Balaban J connectivity index is 2.13. The fourth-order valence-corrected chi connectivity index (χ4v) is 2.67. The Bertz CT molecular complexity index is 660. The Morgan fingerprint density at radius 3 is 2.84 bits per heavy atom. The van der Waals surface area contributed by atoms with Crippen molar-refractivity contribution in [1.29, 1.82) is 0 Å². The van der Waals surface area contributed by atoms with Gasteiger partial charge in [-0.25, -0.2) is 0 Å². The summed E-state index contributed by atoms with van der Waals surface area (Å²) in [5.41, 5.74) is 2.54. The molecule has 0 radical (unpaired) electrons. The number of benzene rings is 2. The van der Waals surface area contributed by atoms with Crippen LogP contribution in [-0.2, 0) is 4.79 Å². The standard InChI is InChI=1S/C14H10BrClN2O/c15-9-4-5-13-12(6-9)17-8-14(19)18(13)11-3-1-2-10(16)7-11/h1-7,17H,8H2. The van der Waals surface area contributed by atoms with Gasteiger partial charge in [-0.3, -0.25) is 9.69 Å². The summed E-state index contributed by atoms with van der Waals surface area (Å²) < 4.78 is 0.971. The predicted octanol–water partition coefficient (Wildman–Crippen LogP) is 4.19. The maximum atomic E-state index is 12.2. The van der Waals surface area contributed by atoms with E-state index in [0.717, 1.165) is 21.5 Å². The Morgan fingerprint density at radius 2 is 2.05 bits per heavy atom. The zero-order valence-electron chi connectivity index (χ0n) is 9.86. The first-order valence-corrected chi connectivity index (χ1v) is 6.94. The highest BCUT2D eigenvalue weighted by atomic mass is 79.9. The van der Waals surface area contributed by atoms with Crippen LogP contribution in [0.25, 0.3) is 0 Å². The summed E-state index contributed by atoms with van der Waals surface area (Å²) >= 11 is 9.43. The molecule has 0 saturated heterocycles. The second-order valence-electron chi connectivity index (χ2n) is 4.22. The number of carbonyl (C=O) groups is 1. The predicted molar refractivity (Wildman–Crippen MR) is 81.2 cm³/mol. The third kappa shape index (κ3) is 2.33. The first-order chi connectivity index (χ1) is 9.15. The molecule has 0 unspecified atom stereocenters. The molecular formula is C14H10BrClN2O.